The predicted octanol–water partition coefficient (Wildman–Crippen LogP) is 1.95. The van der Waals surface area contributed by atoms with Crippen LogP contribution in [0.2, 0.25) is 0 Å². The Hall–Kier alpha value is -3.09. The Morgan fingerprint density at radius 3 is 2.69 bits per heavy atom. The van der Waals surface area contributed by atoms with Gasteiger partial charge in [-0.1, -0.05) is 30.3 Å². The van der Waals surface area contributed by atoms with Crippen molar-refractivity contribution in [1.29, 1.82) is 0 Å². The fourth-order valence-electron chi connectivity index (χ4n) is 3.07. The van der Waals surface area contributed by atoms with Gasteiger partial charge in [0.05, 0.1) is 12.5 Å². The Morgan fingerprint density at radius 1 is 1.31 bits per heavy atom. The van der Waals surface area contributed by atoms with Crippen LogP contribution in [0.1, 0.15) is 33.9 Å². The van der Waals surface area contributed by atoms with Crippen molar-refractivity contribution in [3.05, 3.63) is 59.0 Å². The smallest absolute Gasteiger partial charge is 0.339 e. The number of carbonyl (C=O) groups excluding carboxylic acids is 2. The van der Waals surface area contributed by atoms with E-state index in [0.717, 1.165) is 5.56 Å². The molecule has 2 N–H and O–H groups in total. The second kappa shape index (κ2) is 7.43. The van der Waals surface area contributed by atoms with Crippen LogP contribution in [0.3, 0.4) is 0 Å². The van der Waals surface area contributed by atoms with Gasteiger partial charge < -0.3 is 19.7 Å². The van der Waals surface area contributed by atoms with E-state index in [-0.39, 0.29) is 30.3 Å². The Morgan fingerprint density at radius 2 is 2.04 bits per heavy atom. The van der Waals surface area contributed by atoms with Crippen molar-refractivity contribution >= 4 is 17.8 Å². The van der Waals surface area contributed by atoms with Gasteiger partial charge in [0.1, 0.15) is 17.1 Å². The SMILES string of the molecule is Cc1oc(CNC(=O)[C@H]2CC(=O)N(Cc3ccccc3)C2)cc1C(=O)O. The maximum atomic E-state index is 12.3. The molecular formula is C19H20N2O5. The summed E-state index contributed by atoms with van der Waals surface area (Å²) >= 11 is 0. The minimum Gasteiger partial charge on any atom is -0.478 e. The summed E-state index contributed by atoms with van der Waals surface area (Å²) < 4.78 is 5.34. The van der Waals surface area contributed by atoms with Gasteiger partial charge in [0, 0.05) is 19.5 Å². The number of likely N-dealkylation sites (tertiary alicyclic amines) is 1. The number of benzene rings is 1. The lowest BCUT2D eigenvalue weighted by molar-refractivity contribution is -0.129. The number of carboxylic acid groups (broad SMARTS) is 1. The first-order chi connectivity index (χ1) is 12.4. The third kappa shape index (κ3) is 3.93. The number of rotatable bonds is 6. The highest BCUT2D eigenvalue weighted by molar-refractivity contribution is 5.90. The highest BCUT2D eigenvalue weighted by Crippen LogP contribution is 2.21. The molecule has 2 heterocycles. The molecule has 1 aliphatic rings. The van der Waals surface area contributed by atoms with E-state index in [4.69, 9.17) is 9.52 Å². The van der Waals surface area contributed by atoms with Gasteiger partial charge in [-0.15, -0.1) is 0 Å². The molecule has 0 bridgehead atoms. The van der Waals surface area contributed by atoms with Crippen LogP contribution >= 0.6 is 0 Å². The van der Waals surface area contributed by atoms with Crippen LogP contribution < -0.4 is 5.32 Å². The standard InChI is InChI=1S/C19H20N2O5/c1-12-16(19(24)25)8-15(26-12)9-20-18(23)14-7-17(22)21(11-14)10-13-5-3-2-4-6-13/h2-6,8,14H,7,9-11H2,1H3,(H,20,23)(H,24,25)/t14-/m0/s1. The molecule has 1 aromatic heterocycles. The zero-order valence-electron chi connectivity index (χ0n) is 14.4. The molecule has 1 aromatic carbocycles. The number of nitrogens with one attached hydrogen (secondary N) is 1. The molecule has 2 amide bonds. The maximum Gasteiger partial charge on any atom is 0.339 e. The molecule has 2 aromatic rings. The van der Waals surface area contributed by atoms with Gasteiger partial charge >= 0.3 is 5.97 Å². The quantitative estimate of drug-likeness (QED) is 0.824. The van der Waals surface area contributed by atoms with Gasteiger partial charge in [0.25, 0.3) is 0 Å². The van der Waals surface area contributed by atoms with Crippen molar-refractivity contribution in [3.8, 4) is 0 Å². The Bertz CT molecular complexity index is 828. The van der Waals surface area contributed by atoms with Gasteiger partial charge in [-0.2, -0.15) is 0 Å². The molecule has 3 rings (SSSR count). The largest absolute Gasteiger partial charge is 0.478 e. The lowest BCUT2D eigenvalue weighted by Crippen LogP contribution is -2.32. The highest BCUT2D eigenvalue weighted by Gasteiger charge is 2.34. The summed E-state index contributed by atoms with van der Waals surface area (Å²) in [6.07, 6.45) is 0.177. The average Bonchev–Trinajstić information content (AvgIpc) is 3.17. The normalized spacial score (nSPS) is 16.7. The third-order valence-electron chi connectivity index (χ3n) is 4.44. The van der Waals surface area contributed by atoms with Gasteiger partial charge in [0.2, 0.25) is 11.8 Å². The number of nitrogens with zero attached hydrogens (tertiary/aromatic N) is 1. The first kappa shape index (κ1) is 17.7. The Kier molecular flexibility index (Phi) is 5.06. The van der Waals surface area contributed by atoms with E-state index in [1.54, 1.807) is 11.8 Å². The molecule has 7 heteroatoms. The van der Waals surface area contributed by atoms with E-state index >= 15 is 0 Å². The summed E-state index contributed by atoms with van der Waals surface area (Å²) in [5.41, 5.74) is 1.11. The first-order valence-electron chi connectivity index (χ1n) is 8.36. The fraction of sp³-hybridized carbons (Fsp3) is 0.316. The minimum atomic E-state index is -1.07. The lowest BCUT2D eigenvalue weighted by atomic mass is 10.1. The van der Waals surface area contributed by atoms with Crippen LogP contribution in [-0.4, -0.2) is 34.3 Å². The zero-order valence-corrected chi connectivity index (χ0v) is 14.4. The molecule has 26 heavy (non-hydrogen) atoms. The van der Waals surface area contributed by atoms with E-state index in [1.807, 2.05) is 30.3 Å². The fourth-order valence-corrected chi connectivity index (χ4v) is 3.07. The number of carboxylic acids is 1. The van der Waals surface area contributed by atoms with E-state index in [9.17, 15) is 14.4 Å². The first-order valence-corrected chi connectivity index (χ1v) is 8.36. The molecule has 7 nitrogen and oxygen atoms in total. The molecule has 0 spiro atoms. The summed E-state index contributed by atoms with van der Waals surface area (Å²) in [5.74, 6) is -1.09. The van der Waals surface area contributed by atoms with Gasteiger partial charge in [0.15, 0.2) is 0 Å². The monoisotopic (exact) mass is 356 g/mol. The number of carbonyl (C=O) groups is 3. The summed E-state index contributed by atoms with van der Waals surface area (Å²) in [4.78, 5) is 37.2. The van der Waals surface area contributed by atoms with Crippen LogP contribution in [0.25, 0.3) is 0 Å². The Balaban J connectivity index is 1.55. The summed E-state index contributed by atoms with van der Waals surface area (Å²) in [6, 6.07) is 11.0. The van der Waals surface area contributed by atoms with Gasteiger partial charge in [-0.25, -0.2) is 4.79 Å². The Labute approximate surface area is 150 Å². The number of aryl methyl sites for hydroxylation is 1. The molecule has 1 fully saturated rings. The molecule has 0 aliphatic carbocycles. The summed E-state index contributed by atoms with van der Waals surface area (Å²) in [7, 11) is 0. The number of hydrogen-bond donors (Lipinski definition) is 2. The second-order valence-electron chi connectivity index (χ2n) is 6.37. The molecule has 1 atom stereocenters. The molecule has 0 unspecified atom stereocenters. The number of hydrogen-bond acceptors (Lipinski definition) is 4. The van der Waals surface area contributed by atoms with E-state index in [2.05, 4.69) is 5.32 Å². The number of aromatic carboxylic acids is 1. The molecule has 136 valence electrons. The topological polar surface area (TPSA) is 99.9 Å². The van der Waals surface area contributed by atoms with Crippen molar-refractivity contribution in [1.82, 2.24) is 10.2 Å². The van der Waals surface area contributed by atoms with Crippen molar-refractivity contribution < 1.29 is 23.9 Å². The molecule has 0 radical (unpaired) electrons. The predicted molar refractivity (Wildman–Crippen MR) is 92.2 cm³/mol. The van der Waals surface area contributed by atoms with Crippen molar-refractivity contribution in [3.63, 3.8) is 0 Å². The van der Waals surface area contributed by atoms with Crippen molar-refractivity contribution in [2.75, 3.05) is 6.54 Å². The van der Waals surface area contributed by atoms with Gasteiger partial charge in [-0.05, 0) is 18.6 Å². The van der Waals surface area contributed by atoms with Crippen LogP contribution in [0.5, 0.6) is 0 Å². The summed E-state index contributed by atoms with van der Waals surface area (Å²) in [5, 5.41) is 11.7. The van der Waals surface area contributed by atoms with Crippen LogP contribution in [0, 0.1) is 12.8 Å². The number of furan rings is 1. The third-order valence-corrected chi connectivity index (χ3v) is 4.44. The number of amides is 2. The maximum absolute atomic E-state index is 12.3. The second-order valence-corrected chi connectivity index (χ2v) is 6.37. The van der Waals surface area contributed by atoms with Crippen LogP contribution in [0.15, 0.2) is 40.8 Å². The average molecular weight is 356 g/mol. The van der Waals surface area contributed by atoms with Crippen LogP contribution in [0.4, 0.5) is 0 Å². The van der Waals surface area contributed by atoms with E-state index in [0.29, 0.717) is 24.6 Å². The lowest BCUT2D eigenvalue weighted by Gasteiger charge is -2.16. The minimum absolute atomic E-state index is 0.0454. The zero-order chi connectivity index (χ0) is 18.7. The van der Waals surface area contributed by atoms with Gasteiger partial charge in [-0.3, -0.25) is 9.59 Å². The molecular weight excluding hydrogens is 336 g/mol. The molecule has 0 saturated carbocycles. The highest BCUT2D eigenvalue weighted by atomic mass is 16.4. The van der Waals surface area contributed by atoms with Crippen molar-refractivity contribution in [2.24, 2.45) is 5.92 Å². The molecule has 1 aliphatic heterocycles. The van der Waals surface area contributed by atoms with E-state index in [1.165, 1.54) is 6.07 Å². The molecule has 1 saturated heterocycles. The van der Waals surface area contributed by atoms with E-state index < -0.39 is 11.9 Å². The van der Waals surface area contributed by atoms with Crippen LogP contribution in [-0.2, 0) is 22.7 Å². The van der Waals surface area contributed by atoms with Crippen molar-refractivity contribution in [2.45, 2.75) is 26.4 Å². The summed E-state index contributed by atoms with van der Waals surface area (Å²) in [6.45, 7) is 2.52.